The van der Waals surface area contributed by atoms with E-state index < -0.39 is 6.10 Å². The van der Waals surface area contributed by atoms with Crippen LogP contribution in [0.1, 0.15) is 335 Å². The summed E-state index contributed by atoms with van der Waals surface area (Å²) in [5.41, 5.74) is 0. The Balaban J connectivity index is 4.03. The van der Waals surface area contributed by atoms with E-state index in [1.165, 1.54) is 205 Å². The quantitative estimate of drug-likeness (QED) is 0.0261. The lowest BCUT2D eigenvalue weighted by atomic mass is 10.0. The molecule has 0 fully saturated rings. The van der Waals surface area contributed by atoms with Gasteiger partial charge in [0.25, 0.3) is 0 Å². The first-order valence-electron chi connectivity index (χ1n) is 32.9. The van der Waals surface area contributed by atoms with Crippen LogP contribution in [0.2, 0.25) is 0 Å². The van der Waals surface area contributed by atoms with Crippen molar-refractivity contribution in [2.24, 2.45) is 0 Å². The number of hydrogen-bond acceptors (Lipinski definition) is 6. The highest BCUT2D eigenvalue weighted by molar-refractivity contribution is 5.71. The average Bonchev–Trinajstić information content (AvgIpc) is 3.42. The molecule has 6 nitrogen and oxygen atoms in total. The zero-order valence-electron chi connectivity index (χ0n) is 50.5. The van der Waals surface area contributed by atoms with Crippen LogP contribution < -0.4 is 0 Å². The molecule has 0 heterocycles. The number of unbranched alkanes of at least 4 members (excludes halogenated alkanes) is 37. The van der Waals surface area contributed by atoms with Crippen molar-refractivity contribution in [3.63, 3.8) is 0 Å². The van der Waals surface area contributed by atoms with E-state index in [4.69, 9.17) is 14.2 Å². The maximum atomic E-state index is 12.9. The van der Waals surface area contributed by atoms with Crippen molar-refractivity contribution >= 4 is 17.9 Å². The van der Waals surface area contributed by atoms with Gasteiger partial charge < -0.3 is 14.2 Å². The maximum Gasteiger partial charge on any atom is 0.306 e. The molecule has 0 N–H and O–H groups in total. The number of ether oxygens (including phenoxy) is 3. The molecule has 0 aromatic carbocycles. The molecular weight excluding hydrogens is 937 g/mol. The van der Waals surface area contributed by atoms with E-state index in [9.17, 15) is 14.4 Å². The first-order valence-corrected chi connectivity index (χ1v) is 32.9. The number of rotatable bonds is 60. The van der Waals surface area contributed by atoms with Crippen LogP contribution in [-0.2, 0) is 28.6 Å². The molecule has 440 valence electrons. The maximum absolute atomic E-state index is 12.9. The molecule has 0 radical (unpaired) electrons. The SMILES string of the molecule is CC/C=C\C/C=C\C/C=C\C/C=C\CCCCCCCCCCCCCCCCCCC(=O)OCC(COC(=O)CCCCCCCC)OC(=O)CCCCCCCCCCCCC/C=C\C/C=C\CCCCCCC. The van der Waals surface area contributed by atoms with Gasteiger partial charge in [-0.05, 0) is 89.9 Å². The number of hydrogen-bond donors (Lipinski definition) is 0. The van der Waals surface area contributed by atoms with Crippen LogP contribution in [-0.4, -0.2) is 37.2 Å². The van der Waals surface area contributed by atoms with Gasteiger partial charge in [-0.1, -0.05) is 299 Å². The summed E-state index contributed by atoms with van der Waals surface area (Å²) < 4.78 is 16.8. The van der Waals surface area contributed by atoms with Crippen molar-refractivity contribution in [3.8, 4) is 0 Å². The van der Waals surface area contributed by atoms with Crippen LogP contribution in [0.25, 0.3) is 0 Å². The molecule has 76 heavy (non-hydrogen) atoms. The fourth-order valence-electron chi connectivity index (χ4n) is 9.53. The van der Waals surface area contributed by atoms with Crippen LogP contribution in [0.15, 0.2) is 72.9 Å². The summed E-state index contributed by atoms with van der Waals surface area (Å²) in [4.78, 5) is 38.0. The van der Waals surface area contributed by atoms with E-state index in [1.807, 2.05) is 0 Å². The second-order valence-corrected chi connectivity index (χ2v) is 22.0. The Labute approximate surface area is 472 Å². The summed E-state index contributed by atoms with van der Waals surface area (Å²) in [5, 5.41) is 0. The molecule has 1 unspecified atom stereocenters. The number of carbonyl (C=O) groups excluding carboxylic acids is 3. The van der Waals surface area contributed by atoms with Gasteiger partial charge >= 0.3 is 17.9 Å². The molecule has 0 aliphatic carbocycles. The fourth-order valence-corrected chi connectivity index (χ4v) is 9.53. The van der Waals surface area contributed by atoms with Gasteiger partial charge in [-0.25, -0.2) is 0 Å². The van der Waals surface area contributed by atoms with Crippen LogP contribution in [0.5, 0.6) is 0 Å². The third-order valence-electron chi connectivity index (χ3n) is 14.4. The number of carbonyl (C=O) groups is 3. The predicted octanol–water partition coefficient (Wildman–Crippen LogP) is 22.5. The van der Waals surface area contributed by atoms with Crippen LogP contribution in [0, 0.1) is 0 Å². The molecule has 0 spiro atoms. The van der Waals surface area contributed by atoms with Gasteiger partial charge in [0.15, 0.2) is 6.10 Å². The molecule has 0 aliphatic rings. The van der Waals surface area contributed by atoms with Gasteiger partial charge in [0, 0.05) is 19.3 Å². The Morgan fingerprint density at radius 2 is 0.513 bits per heavy atom. The van der Waals surface area contributed by atoms with E-state index in [0.717, 1.165) is 89.9 Å². The summed E-state index contributed by atoms with van der Waals surface area (Å²) >= 11 is 0. The number of esters is 3. The van der Waals surface area contributed by atoms with E-state index in [-0.39, 0.29) is 31.1 Å². The largest absolute Gasteiger partial charge is 0.462 e. The van der Waals surface area contributed by atoms with Crippen molar-refractivity contribution in [2.75, 3.05) is 13.2 Å². The Bertz CT molecular complexity index is 1400. The van der Waals surface area contributed by atoms with Gasteiger partial charge in [-0.2, -0.15) is 0 Å². The molecule has 0 amide bonds. The smallest absolute Gasteiger partial charge is 0.306 e. The zero-order valence-corrected chi connectivity index (χ0v) is 50.5. The molecule has 0 bridgehead atoms. The van der Waals surface area contributed by atoms with Gasteiger partial charge in [0.05, 0.1) is 0 Å². The minimum Gasteiger partial charge on any atom is -0.462 e. The monoisotopic (exact) mass is 1060 g/mol. The van der Waals surface area contributed by atoms with Crippen molar-refractivity contribution in [1.29, 1.82) is 0 Å². The minimum atomic E-state index is -0.772. The van der Waals surface area contributed by atoms with Gasteiger partial charge in [0.2, 0.25) is 0 Å². The van der Waals surface area contributed by atoms with E-state index >= 15 is 0 Å². The highest BCUT2D eigenvalue weighted by atomic mass is 16.6. The summed E-state index contributed by atoms with van der Waals surface area (Å²) in [6.45, 7) is 6.50. The highest BCUT2D eigenvalue weighted by Crippen LogP contribution is 2.17. The Morgan fingerprint density at radius 1 is 0.276 bits per heavy atom. The summed E-state index contributed by atoms with van der Waals surface area (Å²) in [6.07, 6.45) is 83.8. The standard InChI is InChI=1S/C70H124O6/c1-4-7-10-13-16-18-20-22-24-26-28-30-32-33-34-35-36-37-39-40-42-44-46-48-50-52-54-57-60-63-69(72)75-66-67(65-74-68(71)62-59-56-15-12-9-6-3)76-70(73)64-61-58-55-53-51-49-47-45-43-41-38-31-29-27-25-23-21-19-17-14-11-8-5-2/h7,10,16,18,21-24,27-30,67H,4-6,8-9,11-15,17,19-20,25-26,31-66H2,1-3H3/b10-7-,18-16-,23-21-,24-22-,29-27-,30-28-. The lowest BCUT2D eigenvalue weighted by molar-refractivity contribution is -0.167. The lowest BCUT2D eigenvalue weighted by Gasteiger charge is -2.18. The Morgan fingerprint density at radius 3 is 0.803 bits per heavy atom. The second-order valence-electron chi connectivity index (χ2n) is 22.0. The van der Waals surface area contributed by atoms with Crippen molar-refractivity contribution in [2.45, 2.75) is 341 Å². The second kappa shape index (κ2) is 64.4. The molecule has 0 saturated carbocycles. The van der Waals surface area contributed by atoms with Crippen molar-refractivity contribution < 1.29 is 28.6 Å². The summed E-state index contributed by atoms with van der Waals surface area (Å²) in [7, 11) is 0. The van der Waals surface area contributed by atoms with Gasteiger partial charge in [-0.3, -0.25) is 14.4 Å². The molecule has 1 atom stereocenters. The Kier molecular flexibility index (Phi) is 61.7. The molecule has 0 aromatic rings. The molecule has 0 aromatic heterocycles. The molecule has 6 heteroatoms. The molecule has 0 saturated heterocycles. The zero-order chi connectivity index (χ0) is 55.0. The highest BCUT2D eigenvalue weighted by Gasteiger charge is 2.19. The molecule has 0 aliphatic heterocycles. The Hall–Kier alpha value is -3.15. The summed E-state index contributed by atoms with van der Waals surface area (Å²) in [6, 6.07) is 0. The normalized spacial score (nSPS) is 12.5. The topological polar surface area (TPSA) is 78.9 Å². The first-order chi connectivity index (χ1) is 37.5. The molecular formula is C70H124O6. The minimum absolute atomic E-state index is 0.0725. The van der Waals surface area contributed by atoms with E-state index in [2.05, 4.69) is 93.7 Å². The van der Waals surface area contributed by atoms with Crippen LogP contribution >= 0.6 is 0 Å². The predicted molar refractivity (Wildman–Crippen MR) is 330 cm³/mol. The van der Waals surface area contributed by atoms with Crippen LogP contribution in [0.3, 0.4) is 0 Å². The average molecular weight is 1060 g/mol. The first kappa shape index (κ1) is 72.8. The fraction of sp³-hybridized carbons (Fsp3) is 0.786. The van der Waals surface area contributed by atoms with Gasteiger partial charge in [0.1, 0.15) is 13.2 Å². The third kappa shape index (κ3) is 61.7. The van der Waals surface area contributed by atoms with Crippen LogP contribution in [0.4, 0.5) is 0 Å². The van der Waals surface area contributed by atoms with Gasteiger partial charge in [-0.15, -0.1) is 0 Å². The summed E-state index contributed by atoms with van der Waals surface area (Å²) in [5.74, 6) is -0.869. The van der Waals surface area contributed by atoms with Crippen molar-refractivity contribution in [3.05, 3.63) is 72.9 Å². The number of allylic oxidation sites excluding steroid dienone is 12. The van der Waals surface area contributed by atoms with Crippen molar-refractivity contribution in [1.82, 2.24) is 0 Å². The molecule has 0 rings (SSSR count). The van der Waals surface area contributed by atoms with E-state index in [1.54, 1.807) is 0 Å². The van der Waals surface area contributed by atoms with E-state index in [0.29, 0.717) is 19.3 Å². The lowest BCUT2D eigenvalue weighted by Crippen LogP contribution is -2.30. The third-order valence-corrected chi connectivity index (χ3v) is 14.4.